The molecule has 0 radical (unpaired) electrons. The third-order valence-corrected chi connectivity index (χ3v) is 4.36. The van der Waals surface area contributed by atoms with E-state index in [1.165, 1.54) is 0 Å². The van der Waals surface area contributed by atoms with Crippen molar-refractivity contribution >= 4 is 41.5 Å². The van der Waals surface area contributed by atoms with Crippen LogP contribution in [0.25, 0.3) is 0 Å². The Kier molecular flexibility index (Phi) is 7.62. The molecule has 0 unspecified atom stereocenters. The molecule has 1 aromatic rings. The fourth-order valence-electron chi connectivity index (χ4n) is 2.67. The summed E-state index contributed by atoms with van der Waals surface area (Å²) in [5.74, 6) is -0.0916. The fraction of sp³-hybridized carbons (Fsp3) is 0.562. The molecule has 1 aliphatic heterocycles. The maximum atomic E-state index is 12.3. The van der Waals surface area contributed by atoms with Crippen molar-refractivity contribution in [1.29, 1.82) is 0 Å². The van der Waals surface area contributed by atoms with Crippen molar-refractivity contribution in [3.8, 4) is 0 Å². The van der Waals surface area contributed by atoms with Gasteiger partial charge in [0.25, 0.3) is 0 Å². The summed E-state index contributed by atoms with van der Waals surface area (Å²) in [6.45, 7) is 4.38. The number of amides is 1. The van der Waals surface area contributed by atoms with E-state index in [-0.39, 0.29) is 24.4 Å². The van der Waals surface area contributed by atoms with Gasteiger partial charge in [-0.3, -0.25) is 4.79 Å². The lowest BCUT2D eigenvalue weighted by molar-refractivity contribution is -0.133. The standard InChI is InChI=1S/C16H22Cl2N2O2.ClH/c1-16(2,8-10-3-4-11(17)7-13(10)18)20-15(21)14-6-5-12(9-19)22-14;/h3-4,7,12,14H,5-6,8-9,19H2,1-2H3,(H,20,21);1H/t12-,14+;/m1./s1. The summed E-state index contributed by atoms with van der Waals surface area (Å²) in [5, 5.41) is 4.24. The predicted molar refractivity (Wildman–Crippen MR) is 96.6 cm³/mol. The molecule has 0 spiro atoms. The van der Waals surface area contributed by atoms with Crippen LogP contribution in [0.2, 0.25) is 10.0 Å². The molecule has 1 heterocycles. The molecule has 1 amide bonds. The van der Waals surface area contributed by atoms with Crippen LogP contribution in [0.15, 0.2) is 18.2 Å². The number of halogens is 3. The average Bonchev–Trinajstić information content (AvgIpc) is 2.90. The molecule has 130 valence electrons. The minimum atomic E-state index is -0.432. The van der Waals surface area contributed by atoms with Crippen LogP contribution in [-0.4, -0.2) is 30.2 Å². The molecule has 1 aromatic carbocycles. The van der Waals surface area contributed by atoms with Crippen molar-refractivity contribution in [2.45, 2.75) is 50.9 Å². The Morgan fingerprint density at radius 1 is 1.39 bits per heavy atom. The lowest BCUT2D eigenvalue weighted by Gasteiger charge is -2.28. The van der Waals surface area contributed by atoms with Crippen molar-refractivity contribution in [3.63, 3.8) is 0 Å². The van der Waals surface area contributed by atoms with Gasteiger partial charge in [-0.15, -0.1) is 12.4 Å². The van der Waals surface area contributed by atoms with E-state index in [0.717, 1.165) is 12.0 Å². The Hall–Kier alpha value is -0.520. The van der Waals surface area contributed by atoms with Gasteiger partial charge in [0.2, 0.25) is 5.91 Å². The number of hydrogen-bond donors (Lipinski definition) is 2. The monoisotopic (exact) mass is 380 g/mol. The van der Waals surface area contributed by atoms with Crippen molar-refractivity contribution in [3.05, 3.63) is 33.8 Å². The predicted octanol–water partition coefficient (Wildman–Crippen LogP) is 3.36. The minimum Gasteiger partial charge on any atom is -0.364 e. The van der Waals surface area contributed by atoms with E-state index in [0.29, 0.717) is 29.4 Å². The zero-order chi connectivity index (χ0) is 16.3. The highest BCUT2D eigenvalue weighted by Crippen LogP contribution is 2.25. The summed E-state index contributed by atoms with van der Waals surface area (Å²) >= 11 is 12.1. The Bertz CT molecular complexity index is 552. The molecule has 0 aliphatic carbocycles. The number of nitrogens with two attached hydrogens (primary N) is 1. The molecule has 4 nitrogen and oxygen atoms in total. The van der Waals surface area contributed by atoms with E-state index in [1.807, 2.05) is 19.9 Å². The van der Waals surface area contributed by atoms with E-state index < -0.39 is 11.6 Å². The molecule has 0 saturated carbocycles. The molecule has 0 bridgehead atoms. The lowest BCUT2D eigenvalue weighted by Crippen LogP contribution is -2.49. The maximum Gasteiger partial charge on any atom is 0.249 e. The molecule has 1 aliphatic rings. The van der Waals surface area contributed by atoms with E-state index in [1.54, 1.807) is 12.1 Å². The van der Waals surface area contributed by atoms with Crippen molar-refractivity contribution in [2.75, 3.05) is 6.54 Å². The zero-order valence-electron chi connectivity index (χ0n) is 13.3. The number of benzene rings is 1. The van der Waals surface area contributed by atoms with Crippen LogP contribution in [0, 0.1) is 0 Å². The van der Waals surface area contributed by atoms with Gasteiger partial charge in [-0.25, -0.2) is 0 Å². The second-order valence-electron chi connectivity index (χ2n) is 6.35. The molecule has 0 aromatic heterocycles. The second kappa shape index (κ2) is 8.54. The molecule has 1 fully saturated rings. The van der Waals surface area contributed by atoms with Crippen LogP contribution < -0.4 is 11.1 Å². The molecule has 3 N–H and O–H groups in total. The summed E-state index contributed by atoms with van der Waals surface area (Å²) in [6, 6.07) is 5.39. The smallest absolute Gasteiger partial charge is 0.249 e. The Labute approximate surface area is 153 Å². The average molecular weight is 382 g/mol. The Balaban J connectivity index is 0.00000264. The Morgan fingerprint density at radius 2 is 2.09 bits per heavy atom. The van der Waals surface area contributed by atoms with Crippen LogP contribution in [0.4, 0.5) is 0 Å². The van der Waals surface area contributed by atoms with Gasteiger partial charge in [0, 0.05) is 22.1 Å². The number of hydrogen-bond acceptors (Lipinski definition) is 3. The van der Waals surface area contributed by atoms with Crippen LogP contribution >= 0.6 is 35.6 Å². The third kappa shape index (κ3) is 5.80. The largest absolute Gasteiger partial charge is 0.364 e. The third-order valence-electron chi connectivity index (χ3n) is 3.77. The molecule has 23 heavy (non-hydrogen) atoms. The highest BCUT2D eigenvalue weighted by Gasteiger charge is 2.33. The topological polar surface area (TPSA) is 64.4 Å². The normalized spacial score (nSPS) is 20.9. The summed E-state index contributed by atoms with van der Waals surface area (Å²) in [6.07, 6.45) is 1.74. The minimum absolute atomic E-state index is 0. The number of ether oxygens (including phenoxy) is 1. The summed E-state index contributed by atoms with van der Waals surface area (Å²) in [4.78, 5) is 12.3. The van der Waals surface area contributed by atoms with Crippen LogP contribution in [-0.2, 0) is 16.0 Å². The van der Waals surface area contributed by atoms with E-state index in [4.69, 9.17) is 33.7 Å². The van der Waals surface area contributed by atoms with Crippen molar-refractivity contribution in [1.82, 2.24) is 5.32 Å². The fourth-order valence-corrected chi connectivity index (χ4v) is 3.15. The van der Waals surface area contributed by atoms with Gasteiger partial charge in [-0.05, 0) is 50.8 Å². The number of nitrogens with one attached hydrogen (secondary N) is 1. The molecular weight excluding hydrogens is 359 g/mol. The summed E-state index contributed by atoms with van der Waals surface area (Å²) in [5.41, 5.74) is 6.09. The molecule has 2 atom stereocenters. The number of carbonyl (C=O) groups is 1. The van der Waals surface area contributed by atoms with Gasteiger partial charge in [0.15, 0.2) is 0 Å². The van der Waals surface area contributed by atoms with Crippen LogP contribution in [0.1, 0.15) is 32.3 Å². The Morgan fingerprint density at radius 3 is 2.65 bits per heavy atom. The van der Waals surface area contributed by atoms with Gasteiger partial charge in [-0.2, -0.15) is 0 Å². The summed E-state index contributed by atoms with van der Waals surface area (Å²) in [7, 11) is 0. The van der Waals surface area contributed by atoms with Gasteiger partial charge < -0.3 is 15.8 Å². The van der Waals surface area contributed by atoms with Gasteiger partial charge in [0.1, 0.15) is 6.10 Å². The first kappa shape index (κ1) is 20.5. The van der Waals surface area contributed by atoms with Crippen molar-refractivity contribution < 1.29 is 9.53 Å². The molecular formula is C16H23Cl3N2O2. The quantitative estimate of drug-likeness (QED) is 0.822. The van der Waals surface area contributed by atoms with Crippen LogP contribution in [0.3, 0.4) is 0 Å². The van der Waals surface area contributed by atoms with Crippen LogP contribution in [0.5, 0.6) is 0 Å². The first-order chi connectivity index (χ1) is 10.3. The molecule has 7 heteroatoms. The molecule has 1 saturated heterocycles. The number of rotatable bonds is 5. The highest BCUT2D eigenvalue weighted by atomic mass is 35.5. The van der Waals surface area contributed by atoms with Gasteiger partial charge >= 0.3 is 0 Å². The molecule has 2 rings (SSSR count). The summed E-state index contributed by atoms with van der Waals surface area (Å²) < 4.78 is 5.63. The van der Waals surface area contributed by atoms with Gasteiger partial charge in [-0.1, -0.05) is 29.3 Å². The second-order valence-corrected chi connectivity index (χ2v) is 7.19. The maximum absolute atomic E-state index is 12.3. The van der Waals surface area contributed by atoms with E-state index in [2.05, 4.69) is 5.32 Å². The first-order valence-corrected chi connectivity index (χ1v) is 8.18. The van der Waals surface area contributed by atoms with Gasteiger partial charge in [0.05, 0.1) is 6.10 Å². The van der Waals surface area contributed by atoms with Crippen molar-refractivity contribution in [2.24, 2.45) is 5.73 Å². The van der Waals surface area contributed by atoms with E-state index in [9.17, 15) is 4.79 Å². The lowest BCUT2D eigenvalue weighted by atomic mass is 9.94. The number of carbonyl (C=O) groups excluding carboxylic acids is 1. The zero-order valence-corrected chi connectivity index (χ0v) is 15.6. The first-order valence-electron chi connectivity index (χ1n) is 7.42. The SMILES string of the molecule is CC(C)(Cc1ccc(Cl)cc1Cl)NC(=O)[C@@H]1CC[C@H](CN)O1.Cl. The van der Waals surface area contributed by atoms with E-state index >= 15 is 0 Å². The highest BCUT2D eigenvalue weighted by molar-refractivity contribution is 6.35.